The maximum atomic E-state index is 9.07. The van der Waals surface area contributed by atoms with E-state index in [0.29, 0.717) is 18.8 Å². The van der Waals surface area contributed by atoms with E-state index >= 15 is 0 Å². The first-order valence-corrected chi connectivity index (χ1v) is 9.23. The number of hydrogen-bond acceptors (Lipinski definition) is 6. The predicted octanol–water partition coefficient (Wildman–Crippen LogP) is 3.53. The van der Waals surface area contributed by atoms with E-state index in [-0.39, 0.29) is 0 Å². The van der Waals surface area contributed by atoms with Gasteiger partial charge in [0.15, 0.2) is 0 Å². The summed E-state index contributed by atoms with van der Waals surface area (Å²) in [4.78, 5) is 11.8. The first kappa shape index (κ1) is 18.7. The highest BCUT2D eigenvalue weighted by Crippen LogP contribution is 2.29. The minimum absolute atomic E-state index is 0.389. The number of pyridine rings is 2. The van der Waals surface area contributed by atoms with Crippen LogP contribution in [0.4, 0.5) is 0 Å². The van der Waals surface area contributed by atoms with Gasteiger partial charge in [-0.15, -0.1) is 0 Å². The summed E-state index contributed by atoms with van der Waals surface area (Å²) in [6, 6.07) is 13.7. The highest BCUT2D eigenvalue weighted by molar-refractivity contribution is 7.79. The molecule has 0 saturated carbocycles. The number of hydrogen-bond donors (Lipinski definition) is 3. The van der Waals surface area contributed by atoms with E-state index in [2.05, 4.69) is 39.7 Å². The normalized spacial score (nSPS) is 10.3. The topological polar surface area (TPSA) is 101 Å². The number of rotatable bonds is 4. The van der Waals surface area contributed by atoms with Crippen LogP contribution in [0.2, 0.25) is 0 Å². The zero-order chi connectivity index (χ0) is 19.2. The number of fused-ring (bicyclic) bond motifs is 3. The first-order valence-electron chi connectivity index (χ1n) is 8.34. The number of nitrogens with two attached hydrogens (primary N) is 1. The minimum atomic E-state index is 0.389. The van der Waals surface area contributed by atoms with Gasteiger partial charge in [0, 0.05) is 29.1 Å². The molecule has 0 saturated heterocycles. The van der Waals surface area contributed by atoms with E-state index in [1.165, 1.54) is 0 Å². The van der Waals surface area contributed by atoms with Gasteiger partial charge < -0.3 is 15.5 Å². The van der Waals surface area contributed by atoms with E-state index in [1.807, 2.05) is 30.5 Å². The standard InChI is InChI=1S/C19H15N5O.CH4S/c20-5-6-25-15-3-1-12(2-4-15)13-7-17-16-8-14(9-21)22-11-18(16)24-19(17)23-10-13;1-2/h1-4,7-8,10-11H,5-6,20H2,(H,23,24);2H,1H3. The number of benzene rings is 1. The average molecular weight is 377 g/mol. The molecule has 27 heavy (non-hydrogen) atoms. The first-order chi connectivity index (χ1) is 13.3. The Morgan fingerprint density at radius 1 is 1.07 bits per heavy atom. The molecular formula is C20H19N5OS. The number of H-pyrrole nitrogens is 1. The molecule has 0 unspecified atom stereocenters. The molecule has 0 aliphatic rings. The third kappa shape index (κ3) is 3.87. The van der Waals surface area contributed by atoms with Gasteiger partial charge in [0.05, 0.1) is 11.7 Å². The molecule has 4 aromatic rings. The van der Waals surface area contributed by atoms with Crippen LogP contribution in [0.25, 0.3) is 33.1 Å². The van der Waals surface area contributed by atoms with E-state index < -0.39 is 0 Å². The Morgan fingerprint density at radius 3 is 2.56 bits per heavy atom. The molecule has 0 amide bonds. The van der Waals surface area contributed by atoms with Crippen LogP contribution < -0.4 is 10.5 Å². The van der Waals surface area contributed by atoms with Gasteiger partial charge in [-0.25, -0.2) is 9.97 Å². The van der Waals surface area contributed by atoms with Crippen molar-refractivity contribution in [2.75, 3.05) is 19.4 Å². The maximum Gasteiger partial charge on any atom is 0.141 e. The molecule has 0 fully saturated rings. The maximum absolute atomic E-state index is 9.07. The molecule has 6 nitrogen and oxygen atoms in total. The molecule has 0 atom stereocenters. The SMILES string of the molecule is CS.N#Cc1cc2c(cn1)[nH]c1ncc(-c3ccc(OCCN)cc3)cc12. The lowest BCUT2D eigenvalue weighted by Crippen LogP contribution is -2.10. The summed E-state index contributed by atoms with van der Waals surface area (Å²) < 4.78 is 5.50. The van der Waals surface area contributed by atoms with Crippen LogP contribution in [0, 0.1) is 11.3 Å². The molecule has 1 aromatic carbocycles. The fraction of sp³-hybridized carbons (Fsp3) is 0.150. The Morgan fingerprint density at radius 2 is 1.85 bits per heavy atom. The molecule has 3 N–H and O–H groups in total. The smallest absolute Gasteiger partial charge is 0.141 e. The van der Waals surface area contributed by atoms with Crippen molar-refractivity contribution < 1.29 is 4.74 Å². The van der Waals surface area contributed by atoms with E-state index in [4.69, 9.17) is 15.7 Å². The van der Waals surface area contributed by atoms with Gasteiger partial charge in [-0.1, -0.05) is 12.1 Å². The van der Waals surface area contributed by atoms with E-state index in [1.54, 1.807) is 18.5 Å². The highest BCUT2D eigenvalue weighted by Gasteiger charge is 2.09. The Labute approximate surface area is 162 Å². The van der Waals surface area contributed by atoms with Crippen LogP contribution in [0.5, 0.6) is 5.75 Å². The molecular weight excluding hydrogens is 358 g/mol. The second kappa shape index (κ2) is 8.54. The molecule has 0 spiro atoms. The third-order valence-corrected chi connectivity index (χ3v) is 4.02. The summed E-state index contributed by atoms with van der Waals surface area (Å²) in [6.07, 6.45) is 5.19. The lowest BCUT2D eigenvalue weighted by molar-refractivity contribution is 0.328. The molecule has 0 aliphatic heterocycles. The van der Waals surface area contributed by atoms with Gasteiger partial charge in [0.1, 0.15) is 29.8 Å². The Kier molecular flexibility index (Phi) is 5.91. The van der Waals surface area contributed by atoms with E-state index in [0.717, 1.165) is 38.8 Å². The van der Waals surface area contributed by atoms with Gasteiger partial charge >= 0.3 is 0 Å². The zero-order valence-electron chi connectivity index (χ0n) is 14.8. The number of aromatic nitrogens is 3. The molecule has 136 valence electrons. The largest absolute Gasteiger partial charge is 0.492 e. The fourth-order valence-electron chi connectivity index (χ4n) is 2.81. The van der Waals surface area contributed by atoms with Crippen molar-refractivity contribution in [1.29, 1.82) is 5.26 Å². The monoisotopic (exact) mass is 377 g/mol. The molecule has 3 aromatic heterocycles. The quantitative estimate of drug-likeness (QED) is 0.472. The van der Waals surface area contributed by atoms with Crippen molar-refractivity contribution in [3.8, 4) is 22.9 Å². The van der Waals surface area contributed by atoms with Crippen LogP contribution in [0.15, 0.2) is 48.8 Å². The Bertz CT molecular complexity index is 1100. The third-order valence-electron chi connectivity index (χ3n) is 4.02. The van der Waals surface area contributed by atoms with Crippen molar-refractivity contribution in [2.24, 2.45) is 5.73 Å². The summed E-state index contributed by atoms with van der Waals surface area (Å²) in [5.74, 6) is 0.792. The number of aromatic amines is 1. The lowest BCUT2D eigenvalue weighted by atomic mass is 10.1. The van der Waals surface area contributed by atoms with Crippen LogP contribution in [0.3, 0.4) is 0 Å². The molecule has 4 rings (SSSR count). The minimum Gasteiger partial charge on any atom is -0.492 e. The Balaban J connectivity index is 0.00000102. The van der Waals surface area contributed by atoms with Crippen LogP contribution in [-0.2, 0) is 0 Å². The second-order valence-corrected chi connectivity index (χ2v) is 5.63. The van der Waals surface area contributed by atoms with Gasteiger partial charge in [0.2, 0.25) is 0 Å². The van der Waals surface area contributed by atoms with Crippen molar-refractivity contribution >= 4 is 34.6 Å². The molecule has 0 bridgehead atoms. The average Bonchev–Trinajstić information content (AvgIpc) is 3.11. The highest BCUT2D eigenvalue weighted by atomic mass is 32.1. The number of thiol groups is 1. The summed E-state index contributed by atoms with van der Waals surface area (Å²) >= 11 is 3.53. The summed E-state index contributed by atoms with van der Waals surface area (Å²) in [5, 5.41) is 11.0. The number of ether oxygens (including phenoxy) is 1. The molecule has 0 radical (unpaired) electrons. The Hall–Kier alpha value is -3.08. The van der Waals surface area contributed by atoms with Crippen molar-refractivity contribution in [2.45, 2.75) is 0 Å². The van der Waals surface area contributed by atoms with Gasteiger partial charge in [0.25, 0.3) is 0 Å². The molecule has 0 aliphatic carbocycles. The van der Waals surface area contributed by atoms with Gasteiger partial charge in [-0.2, -0.15) is 17.9 Å². The van der Waals surface area contributed by atoms with Crippen molar-refractivity contribution in [1.82, 2.24) is 15.0 Å². The van der Waals surface area contributed by atoms with Crippen LogP contribution in [0.1, 0.15) is 5.69 Å². The zero-order valence-corrected chi connectivity index (χ0v) is 15.7. The second-order valence-electron chi connectivity index (χ2n) is 5.63. The fourth-order valence-corrected chi connectivity index (χ4v) is 2.81. The lowest BCUT2D eigenvalue weighted by Gasteiger charge is -2.06. The summed E-state index contributed by atoms with van der Waals surface area (Å²) in [6.45, 7) is 0.986. The number of nitrogens with one attached hydrogen (secondary N) is 1. The number of nitriles is 1. The molecule has 3 heterocycles. The molecule has 7 heteroatoms. The van der Waals surface area contributed by atoms with Crippen molar-refractivity contribution in [3.63, 3.8) is 0 Å². The predicted molar refractivity (Wildman–Crippen MR) is 111 cm³/mol. The van der Waals surface area contributed by atoms with Crippen LogP contribution in [-0.4, -0.2) is 34.4 Å². The number of nitrogens with zero attached hydrogens (tertiary/aromatic N) is 3. The van der Waals surface area contributed by atoms with Gasteiger partial charge in [-0.3, -0.25) is 0 Å². The van der Waals surface area contributed by atoms with Crippen molar-refractivity contribution in [3.05, 3.63) is 54.5 Å². The van der Waals surface area contributed by atoms with Crippen LogP contribution >= 0.6 is 12.6 Å². The van der Waals surface area contributed by atoms with E-state index in [9.17, 15) is 0 Å². The summed E-state index contributed by atoms with van der Waals surface area (Å²) in [5.41, 5.74) is 9.51. The summed E-state index contributed by atoms with van der Waals surface area (Å²) in [7, 11) is 0. The van der Waals surface area contributed by atoms with Gasteiger partial charge in [-0.05, 0) is 36.1 Å².